The van der Waals surface area contributed by atoms with E-state index in [2.05, 4.69) is 4.90 Å². The maximum absolute atomic E-state index is 11.6. The first-order chi connectivity index (χ1) is 10.1. The summed E-state index contributed by atoms with van der Waals surface area (Å²) in [6, 6.07) is 5.73. The maximum Gasteiger partial charge on any atom is 0.159 e. The molecule has 0 radical (unpaired) electrons. The van der Waals surface area contributed by atoms with Gasteiger partial charge in [-0.25, -0.2) is 0 Å². The van der Waals surface area contributed by atoms with Crippen molar-refractivity contribution in [2.45, 2.75) is 26.8 Å². The number of likely N-dealkylation sites (tertiary alicyclic amines) is 1. The van der Waals surface area contributed by atoms with E-state index in [-0.39, 0.29) is 5.78 Å². The van der Waals surface area contributed by atoms with Crippen LogP contribution in [-0.2, 0) is 11.3 Å². The third-order valence-corrected chi connectivity index (χ3v) is 3.93. The van der Waals surface area contributed by atoms with E-state index in [1.807, 2.05) is 25.1 Å². The molecule has 0 spiro atoms. The van der Waals surface area contributed by atoms with Gasteiger partial charge in [0.25, 0.3) is 0 Å². The molecule has 116 valence electrons. The van der Waals surface area contributed by atoms with Crippen LogP contribution >= 0.6 is 0 Å². The number of methoxy groups -OCH3 is 1. The fourth-order valence-electron chi connectivity index (χ4n) is 2.89. The van der Waals surface area contributed by atoms with Gasteiger partial charge in [-0.15, -0.1) is 0 Å². The van der Waals surface area contributed by atoms with Gasteiger partial charge in [0.05, 0.1) is 13.2 Å². The van der Waals surface area contributed by atoms with Gasteiger partial charge >= 0.3 is 0 Å². The predicted octanol–water partition coefficient (Wildman–Crippen LogP) is 2.76. The first kappa shape index (κ1) is 16.0. The molecule has 1 saturated heterocycles. The van der Waals surface area contributed by atoms with Crippen molar-refractivity contribution in [1.29, 1.82) is 0 Å². The Morgan fingerprint density at radius 1 is 1.43 bits per heavy atom. The number of rotatable bonds is 7. The van der Waals surface area contributed by atoms with Gasteiger partial charge in [-0.05, 0) is 50.9 Å². The molecule has 4 heteroatoms. The summed E-state index contributed by atoms with van der Waals surface area (Å²) >= 11 is 0. The van der Waals surface area contributed by atoms with Crippen molar-refractivity contribution in [2.24, 2.45) is 5.92 Å². The molecule has 0 saturated carbocycles. The Balaban J connectivity index is 2.10. The highest BCUT2D eigenvalue weighted by molar-refractivity contribution is 5.94. The monoisotopic (exact) mass is 291 g/mol. The van der Waals surface area contributed by atoms with E-state index < -0.39 is 0 Å². The van der Waals surface area contributed by atoms with Crippen molar-refractivity contribution in [1.82, 2.24) is 4.90 Å². The summed E-state index contributed by atoms with van der Waals surface area (Å²) in [6.07, 6.45) is 1.17. The number of benzene rings is 1. The van der Waals surface area contributed by atoms with E-state index in [9.17, 15) is 4.79 Å². The fraction of sp³-hybridized carbons (Fsp3) is 0.588. The number of ether oxygens (including phenoxy) is 2. The minimum atomic E-state index is 0.0954. The van der Waals surface area contributed by atoms with Gasteiger partial charge in [0.2, 0.25) is 0 Å². The highest BCUT2D eigenvalue weighted by Crippen LogP contribution is 2.25. The van der Waals surface area contributed by atoms with E-state index in [0.717, 1.165) is 43.1 Å². The smallest absolute Gasteiger partial charge is 0.159 e. The minimum absolute atomic E-state index is 0.0954. The van der Waals surface area contributed by atoms with Gasteiger partial charge in [0, 0.05) is 31.3 Å². The van der Waals surface area contributed by atoms with Crippen LogP contribution in [0.1, 0.15) is 36.2 Å². The standard InChI is InChI=1S/C17H25NO3/c1-4-21-17-6-5-15(13(2)19)9-16(17)11-18-8-7-14(10-18)12-20-3/h5-6,9,14H,4,7-8,10-12H2,1-3H3. The lowest BCUT2D eigenvalue weighted by atomic mass is 10.1. The van der Waals surface area contributed by atoms with E-state index in [1.54, 1.807) is 14.0 Å². The van der Waals surface area contributed by atoms with Crippen LogP contribution in [0.3, 0.4) is 0 Å². The zero-order chi connectivity index (χ0) is 15.2. The summed E-state index contributed by atoms with van der Waals surface area (Å²) in [6.45, 7) is 7.99. The molecule has 21 heavy (non-hydrogen) atoms. The average Bonchev–Trinajstić information content (AvgIpc) is 2.88. The predicted molar refractivity (Wildman–Crippen MR) is 82.9 cm³/mol. The molecule has 1 fully saturated rings. The van der Waals surface area contributed by atoms with E-state index in [4.69, 9.17) is 9.47 Å². The average molecular weight is 291 g/mol. The Bertz CT molecular complexity index is 487. The van der Waals surface area contributed by atoms with Crippen molar-refractivity contribution in [3.8, 4) is 5.75 Å². The lowest BCUT2D eigenvalue weighted by Gasteiger charge is -2.19. The normalized spacial score (nSPS) is 18.9. The maximum atomic E-state index is 11.6. The van der Waals surface area contributed by atoms with Crippen LogP contribution in [0, 0.1) is 5.92 Å². The Labute approximate surface area is 127 Å². The Morgan fingerprint density at radius 3 is 2.90 bits per heavy atom. The zero-order valence-electron chi connectivity index (χ0n) is 13.2. The molecular weight excluding hydrogens is 266 g/mol. The fourth-order valence-corrected chi connectivity index (χ4v) is 2.89. The van der Waals surface area contributed by atoms with Gasteiger partial charge in [0.15, 0.2) is 5.78 Å². The van der Waals surface area contributed by atoms with Crippen LogP contribution in [0.25, 0.3) is 0 Å². The van der Waals surface area contributed by atoms with Crippen molar-refractivity contribution in [3.05, 3.63) is 29.3 Å². The van der Waals surface area contributed by atoms with Crippen molar-refractivity contribution >= 4 is 5.78 Å². The molecule has 1 aliphatic rings. The molecule has 0 aliphatic carbocycles. The Hall–Kier alpha value is -1.39. The number of hydrogen-bond donors (Lipinski definition) is 0. The largest absolute Gasteiger partial charge is 0.494 e. The zero-order valence-corrected chi connectivity index (χ0v) is 13.2. The number of ketones is 1. The molecule has 0 aromatic heterocycles. The highest BCUT2D eigenvalue weighted by atomic mass is 16.5. The van der Waals surface area contributed by atoms with E-state index in [1.165, 1.54) is 6.42 Å². The first-order valence-corrected chi connectivity index (χ1v) is 7.62. The van der Waals surface area contributed by atoms with Crippen molar-refractivity contribution < 1.29 is 14.3 Å². The van der Waals surface area contributed by atoms with Gasteiger partial charge in [-0.3, -0.25) is 9.69 Å². The second-order valence-corrected chi connectivity index (χ2v) is 5.66. The SMILES string of the molecule is CCOc1ccc(C(C)=O)cc1CN1CCC(COC)C1. The molecule has 0 bridgehead atoms. The van der Waals surface area contributed by atoms with Crippen LogP contribution in [0.4, 0.5) is 0 Å². The summed E-state index contributed by atoms with van der Waals surface area (Å²) in [5.74, 6) is 1.59. The summed E-state index contributed by atoms with van der Waals surface area (Å²) in [5, 5.41) is 0. The van der Waals surface area contributed by atoms with Crippen LogP contribution in [0.2, 0.25) is 0 Å². The molecule has 2 rings (SSSR count). The quantitative estimate of drug-likeness (QED) is 0.724. The third kappa shape index (κ3) is 4.29. The number of nitrogens with zero attached hydrogens (tertiary/aromatic N) is 1. The molecule has 1 atom stereocenters. The van der Waals surface area contributed by atoms with Crippen LogP contribution in [0.15, 0.2) is 18.2 Å². The van der Waals surface area contributed by atoms with Gasteiger partial charge in [0.1, 0.15) is 5.75 Å². The van der Waals surface area contributed by atoms with Crippen LogP contribution < -0.4 is 4.74 Å². The summed E-state index contributed by atoms with van der Waals surface area (Å²) in [4.78, 5) is 14.0. The molecule has 1 unspecified atom stereocenters. The van der Waals surface area contributed by atoms with Crippen LogP contribution in [-0.4, -0.2) is 44.1 Å². The number of carbonyl (C=O) groups is 1. The van der Waals surface area contributed by atoms with E-state index in [0.29, 0.717) is 12.5 Å². The topological polar surface area (TPSA) is 38.8 Å². The second kappa shape index (κ2) is 7.57. The molecule has 0 amide bonds. The minimum Gasteiger partial charge on any atom is -0.494 e. The van der Waals surface area contributed by atoms with Crippen LogP contribution in [0.5, 0.6) is 5.75 Å². The lowest BCUT2D eigenvalue weighted by molar-refractivity contribution is 0.101. The molecule has 1 aliphatic heterocycles. The molecule has 1 aromatic rings. The summed E-state index contributed by atoms with van der Waals surface area (Å²) < 4.78 is 10.9. The Kier molecular flexibility index (Phi) is 5.76. The summed E-state index contributed by atoms with van der Waals surface area (Å²) in [5.41, 5.74) is 1.85. The number of Topliss-reactive ketones (excluding diaryl/α,β-unsaturated/α-hetero) is 1. The first-order valence-electron chi connectivity index (χ1n) is 7.62. The third-order valence-electron chi connectivity index (χ3n) is 3.93. The number of hydrogen-bond acceptors (Lipinski definition) is 4. The Morgan fingerprint density at radius 2 is 2.24 bits per heavy atom. The van der Waals surface area contributed by atoms with E-state index >= 15 is 0 Å². The second-order valence-electron chi connectivity index (χ2n) is 5.66. The van der Waals surface area contributed by atoms with Crippen molar-refractivity contribution in [2.75, 3.05) is 33.4 Å². The van der Waals surface area contributed by atoms with Gasteiger partial charge < -0.3 is 9.47 Å². The highest BCUT2D eigenvalue weighted by Gasteiger charge is 2.23. The lowest BCUT2D eigenvalue weighted by Crippen LogP contribution is -2.22. The van der Waals surface area contributed by atoms with Gasteiger partial charge in [-0.1, -0.05) is 0 Å². The molecular formula is C17H25NO3. The molecule has 1 aromatic carbocycles. The number of carbonyl (C=O) groups excluding carboxylic acids is 1. The summed E-state index contributed by atoms with van der Waals surface area (Å²) in [7, 11) is 1.76. The molecule has 0 N–H and O–H groups in total. The molecule has 1 heterocycles. The van der Waals surface area contributed by atoms with Gasteiger partial charge in [-0.2, -0.15) is 0 Å². The van der Waals surface area contributed by atoms with Crippen molar-refractivity contribution in [3.63, 3.8) is 0 Å². The molecule has 4 nitrogen and oxygen atoms in total.